The van der Waals surface area contributed by atoms with E-state index in [9.17, 15) is 0 Å². The second-order valence-electron chi connectivity index (χ2n) is 4.48. The van der Waals surface area contributed by atoms with Crippen molar-refractivity contribution in [1.29, 1.82) is 0 Å². The first kappa shape index (κ1) is 11.7. The monoisotopic (exact) mass is 239 g/mol. The van der Waals surface area contributed by atoms with Crippen LogP contribution in [0, 0.1) is 5.92 Å². The molecule has 1 aromatic heterocycles. The van der Waals surface area contributed by atoms with Crippen LogP contribution in [0.25, 0.3) is 0 Å². The lowest BCUT2D eigenvalue weighted by Crippen LogP contribution is -2.32. The second-order valence-corrected chi connectivity index (χ2v) is 4.89. The lowest BCUT2D eigenvalue weighted by atomic mass is 9.97. The van der Waals surface area contributed by atoms with Gasteiger partial charge in [-0.3, -0.25) is 4.98 Å². The molecule has 2 rings (SSSR count). The van der Waals surface area contributed by atoms with Crippen molar-refractivity contribution >= 4 is 17.3 Å². The summed E-state index contributed by atoms with van der Waals surface area (Å²) in [6.07, 6.45) is 5.99. The molecule has 0 aliphatic carbocycles. The molecule has 0 atom stereocenters. The van der Waals surface area contributed by atoms with E-state index in [1.54, 1.807) is 12.4 Å². The quantitative estimate of drug-likeness (QED) is 0.879. The van der Waals surface area contributed by atoms with Crippen LogP contribution in [0.15, 0.2) is 18.5 Å². The lowest BCUT2D eigenvalue weighted by molar-refractivity contribution is 0.226. The summed E-state index contributed by atoms with van der Waals surface area (Å²) in [6.45, 7) is 3.42. The number of hydrogen-bond acceptors (Lipinski definition) is 3. The standard InChI is InChI=1S/C12H18ClN3/c1-16-6-3-10(4-7-16)8-15-12-2-5-14-9-11(12)13/h2,5,9-10H,3-4,6-8H2,1H3,(H,14,15). The van der Waals surface area contributed by atoms with Gasteiger partial charge in [0.15, 0.2) is 0 Å². The number of hydrogen-bond donors (Lipinski definition) is 1. The average Bonchev–Trinajstić information content (AvgIpc) is 2.30. The van der Waals surface area contributed by atoms with E-state index in [1.165, 1.54) is 25.9 Å². The Morgan fingerprint density at radius 1 is 1.50 bits per heavy atom. The van der Waals surface area contributed by atoms with Gasteiger partial charge in [-0.15, -0.1) is 0 Å². The van der Waals surface area contributed by atoms with Crippen LogP contribution in [-0.4, -0.2) is 36.6 Å². The van der Waals surface area contributed by atoms with Crippen LogP contribution < -0.4 is 5.32 Å². The number of halogens is 1. The van der Waals surface area contributed by atoms with Crippen LogP contribution in [0.1, 0.15) is 12.8 Å². The molecule has 0 saturated carbocycles. The van der Waals surface area contributed by atoms with Crippen molar-refractivity contribution in [2.24, 2.45) is 5.92 Å². The Labute approximate surface area is 102 Å². The molecule has 0 spiro atoms. The number of likely N-dealkylation sites (tertiary alicyclic amines) is 1. The van der Waals surface area contributed by atoms with Gasteiger partial charge in [-0.05, 0) is 45.0 Å². The van der Waals surface area contributed by atoms with Crippen molar-refractivity contribution in [2.75, 3.05) is 32.0 Å². The molecule has 3 nitrogen and oxygen atoms in total. The van der Waals surface area contributed by atoms with Crippen LogP contribution in [-0.2, 0) is 0 Å². The Morgan fingerprint density at radius 3 is 2.94 bits per heavy atom. The van der Waals surface area contributed by atoms with E-state index in [4.69, 9.17) is 11.6 Å². The summed E-state index contributed by atoms with van der Waals surface area (Å²) in [5.74, 6) is 0.764. The molecule has 1 aromatic rings. The highest BCUT2D eigenvalue weighted by molar-refractivity contribution is 6.33. The Kier molecular flexibility index (Phi) is 4.02. The second kappa shape index (κ2) is 5.51. The molecule has 1 N–H and O–H groups in total. The SMILES string of the molecule is CN1CCC(CNc2ccncc2Cl)CC1. The number of rotatable bonds is 3. The first-order valence-electron chi connectivity index (χ1n) is 5.77. The normalized spacial score (nSPS) is 18.6. The number of nitrogens with zero attached hydrogens (tertiary/aromatic N) is 2. The highest BCUT2D eigenvalue weighted by atomic mass is 35.5. The summed E-state index contributed by atoms with van der Waals surface area (Å²) < 4.78 is 0. The Morgan fingerprint density at radius 2 is 2.25 bits per heavy atom. The first-order chi connectivity index (χ1) is 7.75. The van der Waals surface area contributed by atoms with Gasteiger partial charge in [0, 0.05) is 18.9 Å². The van der Waals surface area contributed by atoms with E-state index in [1.807, 2.05) is 6.07 Å². The number of aromatic nitrogens is 1. The molecule has 0 amide bonds. The van der Waals surface area contributed by atoms with Gasteiger partial charge in [0.05, 0.1) is 10.7 Å². The van der Waals surface area contributed by atoms with E-state index < -0.39 is 0 Å². The van der Waals surface area contributed by atoms with Gasteiger partial charge in [0.1, 0.15) is 0 Å². The topological polar surface area (TPSA) is 28.2 Å². The average molecular weight is 240 g/mol. The Balaban J connectivity index is 1.81. The minimum atomic E-state index is 0.704. The fraction of sp³-hybridized carbons (Fsp3) is 0.583. The van der Waals surface area contributed by atoms with E-state index in [0.717, 1.165) is 18.2 Å². The molecule has 0 unspecified atom stereocenters. The summed E-state index contributed by atoms with van der Waals surface area (Å²) >= 11 is 6.03. The molecule has 1 aliphatic heterocycles. The van der Waals surface area contributed by atoms with Crippen molar-refractivity contribution < 1.29 is 0 Å². The summed E-state index contributed by atoms with van der Waals surface area (Å²) in [6, 6.07) is 1.93. The molecular formula is C12H18ClN3. The molecule has 1 saturated heterocycles. The summed E-state index contributed by atoms with van der Waals surface area (Å²) in [7, 11) is 2.18. The maximum absolute atomic E-state index is 6.03. The van der Waals surface area contributed by atoms with Gasteiger partial charge in [0.2, 0.25) is 0 Å². The van der Waals surface area contributed by atoms with Crippen molar-refractivity contribution in [3.8, 4) is 0 Å². The van der Waals surface area contributed by atoms with Crippen LogP contribution in [0.5, 0.6) is 0 Å². The molecule has 4 heteroatoms. The summed E-state index contributed by atoms with van der Waals surface area (Å²) in [4.78, 5) is 6.36. The molecule has 0 aromatic carbocycles. The molecular weight excluding hydrogens is 222 g/mol. The van der Waals surface area contributed by atoms with Crippen molar-refractivity contribution in [3.63, 3.8) is 0 Å². The van der Waals surface area contributed by atoms with Crippen molar-refractivity contribution in [3.05, 3.63) is 23.5 Å². The number of piperidine rings is 1. The predicted molar refractivity (Wildman–Crippen MR) is 68.0 cm³/mol. The molecule has 2 heterocycles. The van der Waals surface area contributed by atoms with Gasteiger partial charge < -0.3 is 10.2 Å². The zero-order valence-corrected chi connectivity index (χ0v) is 10.4. The van der Waals surface area contributed by atoms with Gasteiger partial charge >= 0.3 is 0 Å². The van der Waals surface area contributed by atoms with Crippen molar-refractivity contribution in [1.82, 2.24) is 9.88 Å². The van der Waals surface area contributed by atoms with E-state index in [2.05, 4.69) is 22.2 Å². The third-order valence-corrected chi connectivity index (χ3v) is 3.49. The van der Waals surface area contributed by atoms with Gasteiger partial charge in [-0.2, -0.15) is 0 Å². The Bertz CT molecular complexity index is 335. The van der Waals surface area contributed by atoms with Crippen LogP contribution in [0.4, 0.5) is 5.69 Å². The molecule has 0 bridgehead atoms. The number of nitrogens with one attached hydrogen (secondary N) is 1. The maximum atomic E-state index is 6.03. The van der Waals surface area contributed by atoms with Gasteiger partial charge in [-0.25, -0.2) is 0 Å². The first-order valence-corrected chi connectivity index (χ1v) is 6.15. The number of pyridine rings is 1. The van der Waals surface area contributed by atoms with Gasteiger partial charge in [-0.1, -0.05) is 11.6 Å². The zero-order valence-electron chi connectivity index (χ0n) is 9.62. The summed E-state index contributed by atoms with van der Waals surface area (Å²) in [5.41, 5.74) is 0.996. The molecule has 88 valence electrons. The smallest absolute Gasteiger partial charge is 0.0820 e. The third kappa shape index (κ3) is 3.09. The van der Waals surface area contributed by atoms with E-state index in [-0.39, 0.29) is 0 Å². The largest absolute Gasteiger partial charge is 0.383 e. The highest BCUT2D eigenvalue weighted by Gasteiger charge is 2.16. The van der Waals surface area contributed by atoms with Crippen molar-refractivity contribution in [2.45, 2.75) is 12.8 Å². The highest BCUT2D eigenvalue weighted by Crippen LogP contribution is 2.21. The van der Waals surface area contributed by atoms with Gasteiger partial charge in [0.25, 0.3) is 0 Å². The fourth-order valence-electron chi connectivity index (χ4n) is 2.04. The minimum absolute atomic E-state index is 0.704. The molecule has 0 radical (unpaired) electrons. The van der Waals surface area contributed by atoms with E-state index >= 15 is 0 Å². The molecule has 1 fully saturated rings. The maximum Gasteiger partial charge on any atom is 0.0820 e. The predicted octanol–water partition coefficient (Wildman–Crippen LogP) is 2.49. The zero-order chi connectivity index (χ0) is 11.4. The number of anilines is 1. The van der Waals surface area contributed by atoms with E-state index in [0.29, 0.717) is 5.02 Å². The van der Waals surface area contributed by atoms with Crippen LogP contribution >= 0.6 is 11.6 Å². The lowest BCUT2D eigenvalue weighted by Gasteiger charge is -2.29. The Hall–Kier alpha value is -0.800. The molecule has 1 aliphatic rings. The third-order valence-electron chi connectivity index (χ3n) is 3.19. The molecule has 16 heavy (non-hydrogen) atoms. The van der Waals surface area contributed by atoms with Crippen LogP contribution in [0.2, 0.25) is 5.02 Å². The minimum Gasteiger partial charge on any atom is -0.383 e. The van der Waals surface area contributed by atoms with Crippen LogP contribution in [0.3, 0.4) is 0 Å². The fourth-order valence-corrected chi connectivity index (χ4v) is 2.23. The summed E-state index contributed by atoms with van der Waals surface area (Å²) in [5, 5.41) is 4.11.